The zero-order chi connectivity index (χ0) is 14.5. The zero-order valence-electron chi connectivity index (χ0n) is 10.7. The summed E-state index contributed by atoms with van der Waals surface area (Å²) in [5.74, 6) is -0.245. The Balaban J connectivity index is 2.06. The third kappa shape index (κ3) is 3.92. The van der Waals surface area contributed by atoms with E-state index in [-0.39, 0.29) is 5.91 Å². The van der Waals surface area contributed by atoms with Gasteiger partial charge in [0.1, 0.15) is 0 Å². The van der Waals surface area contributed by atoms with Crippen molar-refractivity contribution < 1.29 is 4.79 Å². The molecule has 0 fully saturated rings. The van der Waals surface area contributed by atoms with Crippen LogP contribution in [0.5, 0.6) is 0 Å². The fourth-order valence-electron chi connectivity index (χ4n) is 1.56. The number of amides is 1. The third-order valence-electron chi connectivity index (χ3n) is 2.69. The van der Waals surface area contributed by atoms with E-state index in [1.165, 1.54) is 0 Å². The molecule has 0 aliphatic carbocycles. The van der Waals surface area contributed by atoms with Gasteiger partial charge in [-0.05, 0) is 48.9 Å². The minimum Gasteiger partial charge on any atom is -0.267 e. The van der Waals surface area contributed by atoms with Gasteiger partial charge in [0.15, 0.2) is 0 Å². The number of rotatable bonds is 3. The number of halogens is 2. The van der Waals surface area contributed by atoms with Crippen molar-refractivity contribution in [2.45, 2.75) is 6.92 Å². The number of carbonyl (C=O) groups excluding carboxylic acids is 1. The van der Waals surface area contributed by atoms with Crippen LogP contribution in [0.15, 0.2) is 58.1 Å². The molecule has 0 heterocycles. The summed E-state index contributed by atoms with van der Waals surface area (Å²) in [5.41, 5.74) is 4.71. The first kappa shape index (κ1) is 14.8. The average molecular weight is 352 g/mol. The topological polar surface area (TPSA) is 41.5 Å². The molecule has 0 aliphatic heterocycles. The molecular weight excluding hydrogens is 340 g/mol. The SMILES string of the molecule is CC(=NNC(=O)c1ccc(Br)cc1)c1ccc(Cl)cc1. The average Bonchev–Trinajstić information content (AvgIpc) is 2.46. The van der Waals surface area contributed by atoms with Gasteiger partial charge in [0.2, 0.25) is 0 Å². The maximum absolute atomic E-state index is 11.9. The molecular formula is C15H12BrClN2O. The summed E-state index contributed by atoms with van der Waals surface area (Å²) in [7, 11) is 0. The van der Waals surface area contributed by atoms with Crippen molar-refractivity contribution in [3.8, 4) is 0 Å². The predicted molar refractivity (Wildman–Crippen MR) is 85.3 cm³/mol. The minimum absolute atomic E-state index is 0.245. The number of hydrazone groups is 1. The van der Waals surface area contributed by atoms with E-state index < -0.39 is 0 Å². The van der Waals surface area contributed by atoms with Gasteiger partial charge in [-0.1, -0.05) is 39.7 Å². The molecule has 20 heavy (non-hydrogen) atoms. The molecule has 0 radical (unpaired) electrons. The number of carbonyl (C=O) groups is 1. The number of hydrogen-bond acceptors (Lipinski definition) is 2. The maximum Gasteiger partial charge on any atom is 0.271 e. The first-order valence-electron chi connectivity index (χ1n) is 5.92. The number of hydrogen-bond donors (Lipinski definition) is 1. The van der Waals surface area contributed by atoms with E-state index in [1.807, 2.05) is 31.2 Å². The van der Waals surface area contributed by atoms with Crippen LogP contribution in [0.4, 0.5) is 0 Å². The van der Waals surface area contributed by atoms with Gasteiger partial charge in [-0.2, -0.15) is 5.10 Å². The van der Waals surface area contributed by atoms with E-state index in [2.05, 4.69) is 26.5 Å². The Hall–Kier alpha value is -1.65. The normalized spacial score (nSPS) is 11.2. The highest BCUT2D eigenvalue weighted by molar-refractivity contribution is 9.10. The molecule has 1 amide bonds. The molecule has 5 heteroatoms. The van der Waals surface area contributed by atoms with Crippen LogP contribution < -0.4 is 5.43 Å². The molecule has 2 rings (SSSR count). The quantitative estimate of drug-likeness (QED) is 0.651. The molecule has 0 unspecified atom stereocenters. The Morgan fingerprint density at radius 2 is 1.60 bits per heavy atom. The highest BCUT2D eigenvalue weighted by Gasteiger charge is 2.04. The molecule has 0 atom stereocenters. The van der Waals surface area contributed by atoms with Gasteiger partial charge >= 0.3 is 0 Å². The standard InChI is InChI=1S/C15H12BrClN2O/c1-10(11-4-8-14(17)9-5-11)18-19-15(20)12-2-6-13(16)7-3-12/h2-9H,1H3,(H,19,20). The van der Waals surface area contributed by atoms with Crippen molar-refractivity contribution in [1.82, 2.24) is 5.43 Å². The molecule has 3 nitrogen and oxygen atoms in total. The van der Waals surface area contributed by atoms with Crippen LogP contribution in [0.2, 0.25) is 5.02 Å². The lowest BCUT2D eigenvalue weighted by molar-refractivity contribution is 0.0955. The Bertz CT molecular complexity index is 636. The van der Waals surface area contributed by atoms with Crippen molar-refractivity contribution in [3.05, 3.63) is 69.2 Å². The molecule has 102 valence electrons. The molecule has 0 aliphatic rings. The predicted octanol–water partition coefficient (Wildman–Crippen LogP) is 4.26. The third-order valence-corrected chi connectivity index (χ3v) is 3.47. The largest absolute Gasteiger partial charge is 0.271 e. The van der Waals surface area contributed by atoms with E-state index in [9.17, 15) is 4.79 Å². The van der Waals surface area contributed by atoms with Crippen molar-refractivity contribution >= 4 is 39.1 Å². The van der Waals surface area contributed by atoms with Crippen molar-refractivity contribution in [3.63, 3.8) is 0 Å². The molecule has 1 N–H and O–H groups in total. The van der Waals surface area contributed by atoms with Gasteiger partial charge < -0.3 is 0 Å². The summed E-state index contributed by atoms with van der Waals surface area (Å²) in [6, 6.07) is 14.4. The van der Waals surface area contributed by atoms with Gasteiger partial charge in [-0.15, -0.1) is 0 Å². The number of benzene rings is 2. The van der Waals surface area contributed by atoms with Crippen LogP contribution in [0.1, 0.15) is 22.8 Å². The van der Waals surface area contributed by atoms with E-state index in [0.717, 1.165) is 10.0 Å². The fraction of sp³-hybridized carbons (Fsp3) is 0.0667. The second-order valence-electron chi connectivity index (χ2n) is 4.15. The maximum atomic E-state index is 11.9. The summed E-state index contributed by atoms with van der Waals surface area (Å²) in [6.07, 6.45) is 0. The van der Waals surface area contributed by atoms with Crippen molar-refractivity contribution in [1.29, 1.82) is 0 Å². The zero-order valence-corrected chi connectivity index (χ0v) is 13.1. The highest BCUT2D eigenvalue weighted by atomic mass is 79.9. The van der Waals surface area contributed by atoms with Crippen LogP contribution in [-0.4, -0.2) is 11.6 Å². The summed E-state index contributed by atoms with van der Waals surface area (Å²) < 4.78 is 0.926. The van der Waals surface area contributed by atoms with E-state index >= 15 is 0 Å². The molecule has 2 aromatic carbocycles. The molecule has 0 spiro atoms. The second-order valence-corrected chi connectivity index (χ2v) is 5.50. The molecule has 2 aromatic rings. The second kappa shape index (κ2) is 6.68. The van der Waals surface area contributed by atoms with Gasteiger partial charge in [0.25, 0.3) is 5.91 Å². The van der Waals surface area contributed by atoms with E-state index in [0.29, 0.717) is 16.3 Å². The van der Waals surface area contributed by atoms with E-state index in [4.69, 9.17) is 11.6 Å². The molecule has 0 saturated heterocycles. The summed E-state index contributed by atoms with van der Waals surface area (Å²) >= 11 is 9.15. The number of nitrogens with zero attached hydrogens (tertiary/aromatic N) is 1. The smallest absolute Gasteiger partial charge is 0.267 e. The van der Waals surface area contributed by atoms with Gasteiger partial charge in [-0.25, -0.2) is 5.43 Å². The highest BCUT2D eigenvalue weighted by Crippen LogP contribution is 2.11. The van der Waals surface area contributed by atoms with Gasteiger partial charge in [0, 0.05) is 15.1 Å². The summed E-state index contributed by atoms with van der Waals surface area (Å²) in [5, 5.41) is 4.75. The van der Waals surface area contributed by atoms with E-state index in [1.54, 1.807) is 24.3 Å². The van der Waals surface area contributed by atoms with Crippen LogP contribution in [0.3, 0.4) is 0 Å². The monoisotopic (exact) mass is 350 g/mol. The lowest BCUT2D eigenvalue weighted by Gasteiger charge is -2.03. The Labute approximate surface area is 130 Å². The fourth-order valence-corrected chi connectivity index (χ4v) is 1.95. The lowest BCUT2D eigenvalue weighted by Crippen LogP contribution is -2.19. The first-order valence-corrected chi connectivity index (χ1v) is 7.09. The van der Waals surface area contributed by atoms with Crippen molar-refractivity contribution in [2.75, 3.05) is 0 Å². The minimum atomic E-state index is -0.245. The van der Waals surface area contributed by atoms with Crippen LogP contribution in [-0.2, 0) is 0 Å². The molecule has 0 saturated carbocycles. The number of nitrogens with one attached hydrogen (secondary N) is 1. The Kier molecular flexibility index (Phi) is 4.93. The first-order chi connectivity index (χ1) is 9.56. The van der Waals surface area contributed by atoms with Crippen LogP contribution in [0.25, 0.3) is 0 Å². The van der Waals surface area contributed by atoms with Crippen LogP contribution in [0, 0.1) is 0 Å². The van der Waals surface area contributed by atoms with Gasteiger partial charge in [-0.3, -0.25) is 4.79 Å². The summed E-state index contributed by atoms with van der Waals surface area (Å²) in [6.45, 7) is 1.82. The van der Waals surface area contributed by atoms with Crippen LogP contribution >= 0.6 is 27.5 Å². The molecule has 0 aromatic heterocycles. The van der Waals surface area contributed by atoms with Crippen molar-refractivity contribution in [2.24, 2.45) is 5.10 Å². The molecule has 0 bridgehead atoms. The Morgan fingerprint density at radius 1 is 1.05 bits per heavy atom. The summed E-state index contributed by atoms with van der Waals surface area (Å²) in [4.78, 5) is 11.9. The lowest BCUT2D eigenvalue weighted by atomic mass is 10.1. The van der Waals surface area contributed by atoms with Gasteiger partial charge in [0.05, 0.1) is 5.71 Å². The Morgan fingerprint density at radius 3 is 2.20 bits per heavy atom.